The average molecular weight is 312 g/mol. The molecular formula is C18H20N2O3. The SMILES string of the molecule is O=C(O)C[C@H]1CC[C@H](NC(=O)c2ccnc3ccccc23)CC1. The Balaban J connectivity index is 1.65. The van der Waals surface area contributed by atoms with Crippen molar-refractivity contribution in [3.63, 3.8) is 0 Å². The van der Waals surface area contributed by atoms with Gasteiger partial charge >= 0.3 is 5.97 Å². The van der Waals surface area contributed by atoms with Gasteiger partial charge in [0.2, 0.25) is 0 Å². The first kappa shape index (κ1) is 15.5. The lowest BCUT2D eigenvalue weighted by Crippen LogP contribution is -2.38. The van der Waals surface area contributed by atoms with Crippen LogP contribution in [0.3, 0.4) is 0 Å². The Bertz CT molecular complexity index is 716. The van der Waals surface area contributed by atoms with Gasteiger partial charge in [0.15, 0.2) is 0 Å². The van der Waals surface area contributed by atoms with Crippen molar-refractivity contribution >= 4 is 22.8 Å². The number of carbonyl (C=O) groups excluding carboxylic acids is 1. The molecule has 3 rings (SSSR count). The third-order valence-electron chi connectivity index (χ3n) is 4.54. The molecule has 0 spiro atoms. The van der Waals surface area contributed by atoms with Gasteiger partial charge in [-0.05, 0) is 43.7 Å². The van der Waals surface area contributed by atoms with E-state index in [0.717, 1.165) is 36.6 Å². The van der Waals surface area contributed by atoms with Gasteiger partial charge in [0.25, 0.3) is 5.91 Å². The molecule has 0 radical (unpaired) electrons. The molecule has 1 aromatic carbocycles. The highest BCUT2D eigenvalue weighted by atomic mass is 16.4. The van der Waals surface area contributed by atoms with E-state index in [0.29, 0.717) is 5.56 Å². The molecule has 0 aliphatic heterocycles. The molecule has 5 heteroatoms. The number of aromatic nitrogens is 1. The summed E-state index contributed by atoms with van der Waals surface area (Å²) in [6.07, 6.45) is 5.28. The zero-order valence-electron chi connectivity index (χ0n) is 12.9. The van der Waals surface area contributed by atoms with Gasteiger partial charge in [-0.1, -0.05) is 18.2 Å². The maximum atomic E-state index is 12.6. The summed E-state index contributed by atoms with van der Waals surface area (Å²) in [6.45, 7) is 0. The van der Waals surface area contributed by atoms with Crippen molar-refractivity contribution in [1.29, 1.82) is 0 Å². The minimum atomic E-state index is -0.735. The Morgan fingerprint density at radius 3 is 2.61 bits per heavy atom. The first-order valence-corrected chi connectivity index (χ1v) is 8.00. The van der Waals surface area contributed by atoms with E-state index in [2.05, 4.69) is 10.3 Å². The fourth-order valence-electron chi connectivity index (χ4n) is 3.31. The summed E-state index contributed by atoms with van der Waals surface area (Å²) >= 11 is 0. The molecule has 1 saturated carbocycles. The summed E-state index contributed by atoms with van der Waals surface area (Å²) in [5.41, 5.74) is 1.45. The first-order valence-electron chi connectivity index (χ1n) is 8.00. The van der Waals surface area contributed by atoms with Crippen molar-refractivity contribution in [2.24, 2.45) is 5.92 Å². The largest absolute Gasteiger partial charge is 0.481 e. The number of nitrogens with one attached hydrogen (secondary N) is 1. The molecule has 23 heavy (non-hydrogen) atoms. The number of carboxylic acids is 1. The van der Waals surface area contributed by atoms with Crippen molar-refractivity contribution in [1.82, 2.24) is 10.3 Å². The molecule has 0 atom stereocenters. The Morgan fingerprint density at radius 1 is 1.13 bits per heavy atom. The number of hydrogen-bond donors (Lipinski definition) is 2. The molecule has 1 heterocycles. The molecule has 0 saturated heterocycles. The van der Waals surface area contributed by atoms with Crippen LogP contribution in [0.2, 0.25) is 0 Å². The molecule has 2 aromatic rings. The highest BCUT2D eigenvalue weighted by Crippen LogP contribution is 2.27. The minimum Gasteiger partial charge on any atom is -0.481 e. The summed E-state index contributed by atoms with van der Waals surface area (Å²) in [6, 6.07) is 9.47. The van der Waals surface area contributed by atoms with E-state index >= 15 is 0 Å². The number of carboxylic acid groups (broad SMARTS) is 1. The van der Waals surface area contributed by atoms with Crippen molar-refractivity contribution < 1.29 is 14.7 Å². The monoisotopic (exact) mass is 312 g/mol. The molecule has 120 valence electrons. The Kier molecular flexibility index (Phi) is 4.55. The second-order valence-corrected chi connectivity index (χ2v) is 6.16. The number of benzene rings is 1. The van der Waals surface area contributed by atoms with Crippen LogP contribution in [0, 0.1) is 5.92 Å². The summed E-state index contributed by atoms with van der Waals surface area (Å²) in [7, 11) is 0. The number of amides is 1. The van der Waals surface area contributed by atoms with Crippen LogP contribution < -0.4 is 5.32 Å². The quantitative estimate of drug-likeness (QED) is 0.909. The number of aliphatic carboxylic acids is 1. The maximum absolute atomic E-state index is 12.6. The van der Waals surface area contributed by atoms with Crippen LogP contribution in [0.5, 0.6) is 0 Å². The third-order valence-corrected chi connectivity index (χ3v) is 4.54. The van der Waals surface area contributed by atoms with Crippen molar-refractivity contribution in [3.8, 4) is 0 Å². The topological polar surface area (TPSA) is 79.3 Å². The summed E-state index contributed by atoms with van der Waals surface area (Å²) in [5, 5.41) is 12.8. The number of nitrogens with zero attached hydrogens (tertiary/aromatic N) is 1. The Hall–Kier alpha value is -2.43. The molecule has 1 aliphatic carbocycles. The van der Waals surface area contributed by atoms with Gasteiger partial charge in [0, 0.05) is 24.0 Å². The van der Waals surface area contributed by atoms with E-state index in [1.54, 1.807) is 12.3 Å². The fourth-order valence-corrected chi connectivity index (χ4v) is 3.31. The molecule has 1 amide bonds. The second kappa shape index (κ2) is 6.77. The van der Waals surface area contributed by atoms with Gasteiger partial charge in [-0.2, -0.15) is 0 Å². The van der Waals surface area contributed by atoms with Crippen LogP contribution in [0.4, 0.5) is 0 Å². The van der Waals surface area contributed by atoms with Crippen molar-refractivity contribution in [2.45, 2.75) is 38.1 Å². The third kappa shape index (κ3) is 3.67. The van der Waals surface area contributed by atoms with Gasteiger partial charge < -0.3 is 10.4 Å². The molecule has 0 bridgehead atoms. The zero-order chi connectivity index (χ0) is 16.2. The molecular weight excluding hydrogens is 292 g/mol. The zero-order valence-corrected chi connectivity index (χ0v) is 12.9. The van der Waals surface area contributed by atoms with Crippen LogP contribution in [0.1, 0.15) is 42.5 Å². The van der Waals surface area contributed by atoms with Crippen LogP contribution in [-0.2, 0) is 4.79 Å². The van der Waals surface area contributed by atoms with E-state index in [-0.39, 0.29) is 24.3 Å². The molecule has 1 aromatic heterocycles. The number of fused-ring (bicyclic) bond motifs is 1. The smallest absolute Gasteiger partial charge is 0.303 e. The van der Waals surface area contributed by atoms with Crippen molar-refractivity contribution in [3.05, 3.63) is 42.1 Å². The molecule has 1 fully saturated rings. The highest BCUT2D eigenvalue weighted by Gasteiger charge is 2.24. The second-order valence-electron chi connectivity index (χ2n) is 6.16. The molecule has 5 nitrogen and oxygen atoms in total. The van der Waals surface area contributed by atoms with Crippen LogP contribution in [-0.4, -0.2) is 28.0 Å². The highest BCUT2D eigenvalue weighted by molar-refractivity contribution is 6.06. The van der Waals surface area contributed by atoms with E-state index < -0.39 is 5.97 Å². The molecule has 1 aliphatic rings. The maximum Gasteiger partial charge on any atom is 0.303 e. The predicted molar refractivity (Wildman–Crippen MR) is 87.2 cm³/mol. The Labute approximate surface area is 134 Å². The summed E-state index contributed by atoms with van der Waals surface area (Å²) < 4.78 is 0. The van der Waals surface area contributed by atoms with E-state index in [9.17, 15) is 9.59 Å². The number of carbonyl (C=O) groups is 2. The normalized spacial score (nSPS) is 21.0. The van der Waals surface area contributed by atoms with Crippen LogP contribution in [0.25, 0.3) is 10.9 Å². The van der Waals surface area contributed by atoms with Gasteiger partial charge in [-0.15, -0.1) is 0 Å². The van der Waals surface area contributed by atoms with Gasteiger partial charge in [-0.3, -0.25) is 14.6 Å². The summed E-state index contributed by atoms with van der Waals surface area (Å²) in [5.74, 6) is -0.576. The van der Waals surface area contributed by atoms with E-state index in [1.165, 1.54) is 0 Å². The first-order chi connectivity index (χ1) is 11.1. The van der Waals surface area contributed by atoms with Crippen molar-refractivity contribution in [2.75, 3.05) is 0 Å². The molecule has 0 unspecified atom stereocenters. The van der Waals surface area contributed by atoms with Gasteiger partial charge in [0.1, 0.15) is 0 Å². The fraction of sp³-hybridized carbons (Fsp3) is 0.389. The lowest BCUT2D eigenvalue weighted by molar-refractivity contribution is -0.138. The van der Waals surface area contributed by atoms with E-state index in [4.69, 9.17) is 5.11 Å². The van der Waals surface area contributed by atoms with Crippen LogP contribution >= 0.6 is 0 Å². The number of hydrogen-bond acceptors (Lipinski definition) is 3. The lowest BCUT2D eigenvalue weighted by Gasteiger charge is -2.28. The standard InChI is InChI=1S/C18H20N2O3/c21-17(22)11-12-5-7-13(8-6-12)20-18(23)15-9-10-19-16-4-2-1-3-14(15)16/h1-4,9-10,12-13H,5-8,11H2,(H,20,23)(H,21,22)/t12-,13-. The minimum absolute atomic E-state index is 0.0784. The lowest BCUT2D eigenvalue weighted by atomic mass is 9.84. The number of pyridine rings is 1. The average Bonchev–Trinajstić information content (AvgIpc) is 2.55. The van der Waals surface area contributed by atoms with Crippen LogP contribution in [0.15, 0.2) is 36.5 Å². The van der Waals surface area contributed by atoms with Gasteiger partial charge in [-0.25, -0.2) is 0 Å². The number of rotatable bonds is 4. The molecule has 2 N–H and O–H groups in total. The van der Waals surface area contributed by atoms with Gasteiger partial charge in [0.05, 0.1) is 11.1 Å². The van der Waals surface area contributed by atoms with E-state index in [1.807, 2.05) is 24.3 Å². The summed E-state index contributed by atoms with van der Waals surface area (Å²) in [4.78, 5) is 27.6. The predicted octanol–water partition coefficient (Wildman–Crippen LogP) is 3.00. The number of para-hydroxylation sites is 1. The Morgan fingerprint density at radius 2 is 1.87 bits per heavy atom.